The molecule has 26 heavy (non-hydrogen) atoms. The molecular weight excluding hydrogens is 348 g/mol. The number of nitrogens with zero attached hydrogens (tertiary/aromatic N) is 4. The predicted octanol–water partition coefficient (Wildman–Crippen LogP) is 3.15. The molecule has 0 bridgehead atoms. The molecule has 0 unspecified atom stereocenters. The Morgan fingerprint density at radius 3 is 2.77 bits per heavy atom. The van der Waals surface area contributed by atoms with Gasteiger partial charge in [-0.15, -0.1) is 11.3 Å². The predicted molar refractivity (Wildman–Crippen MR) is 101 cm³/mol. The summed E-state index contributed by atoms with van der Waals surface area (Å²) < 4.78 is 1.88. The van der Waals surface area contributed by atoms with E-state index in [-0.39, 0.29) is 12.1 Å². The van der Waals surface area contributed by atoms with Crippen LogP contribution in [0.15, 0.2) is 29.6 Å². The number of urea groups is 1. The maximum atomic E-state index is 12.3. The number of amides is 2. The first-order valence-electron chi connectivity index (χ1n) is 8.57. The van der Waals surface area contributed by atoms with Crippen LogP contribution in [0.25, 0.3) is 11.3 Å². The monoisotopic (exact) mass is 368 g/mol. The topological polar surface area (TPSA) is 84.7 Å². The van der Waals surface area contributed by atoms with Crippen LogP contribution in [0.5, 0.6) is 0 Å². The number of rotatable bonds is 3. The summed E-state index contributed by atoms with van der Waals surface area (Å²) in [6.07, 6.45) is 1.70. The molecule has 0 saturated heterocycles. The van der Waals surface area contributed by atoms with Gasteiger partial charge in [-0.25, -0.2) is 19.4 Å². The second-order valence-electron chi connectivity index (χ2n) is 6.42. The lowest BCUT2D eigenvalue weighted by atomic mass is 10.1. The van der Waals surface area contributed by atoms with Gasteiger partial charge in [0.2, 0.25) is 0 Å². The number of hydrogen-bond acceptors (Lipinski definition) is 5. The summed E-state index contributed by atoms with van der Waals surface area (Å²) >= 11 is 1.63. The lowest BCUT2D eigenvalue weighted by Gasteiger charge is -2.23. The van der Waals surface area contributed by atoms with E-state index in [2.05, 4.69) is 25.7 Å². The SMILES string of the molecule is Cc1nc2n(n1)C[C@@H](NC(=O)Nc1ccc(-c3csc(C)n3)cc1)CC2. The van der Waals surface area contributed by atoms with Crippen LogP contribution in [0.2, 0.25) is 0 Å². The average molecular weight is 368 g/mol. The van der Waals surface area contributed by atoms with Crippen molar-refractivity contribution in [3.05, 3.63) is 46.3 Å². The molecule has 0 spiro atoms. The number of carbonyl (C=O) groups excluding carboxylic acids is 1. The van der Waals surface area contributed by atoms with Gasteiger partial charge in [-0.3, -0.25) is 0 Å². The van der Waals surface area contributed by atoms with E-state index in [0.717, 1.165) is 46.4 Å². The first-order chi connectivity index (χ1) is 12.6. The van der Waals surface area contributed by atoms with E-state index in [4.69, 9.17) is 0 Å². The summed E-state index contributed by atoms with van der Waals surface area (Å²) in [4.78, 5) is 21.1. The molecule has 3 heterocycles. The summed E-state index contributed by atoms with van der Waals surface area (Å²) in [6.45, 7) is 4.53. The molecule has 0 saturated carbocycles. The zero-order valence-electron chi connectivity index (χ0n) is 14.7. The zero-order valence-corrected chi connectivity index (χ0v) is 15.5. The van der Waals surface area contributed by atoms with Gasteiger partial charge in [-0.1, -0.05) is 12.1 Å². The Morgan fingerprint density at radius 1 is 1.23 bits per heavy atom. The van der Waals surface area contributed by atoms with E-state index in [9.17, 15) is 4.79 Å². The molecule has 1 aliphatic rings. The van der Waals surface area contributed by atoms with Crippen LogP contribution in [0, 0.1) is 13.8 Å². The second-order valence-corrected chi connectivity index (χ2v) is 7.48. The van der Waals surface area contributed by atoms with Gasteiger partial charge in [-0.05, 0) is 32.4 Å². The minimum Gasteiger partial charge on any atom is -0.333 e. The molecule has 1 aromatic carbocycles. The largest absolute Gasteiger partial charge is 0.333 e. The Balaban J connectivity index is 1.35. The van der Waals surface area contributed by atoms with Gasteiger partial charge in [0.15, 0.2) is 0 Å². The Labute approximate surface area is 155 Å². The number of anilines is 1. The smallest absolute Gasteiger partial charge is 0.319 e. The maximum absolute atomic E-state index is 12.3. The van der Waals surface area contributed by atoms with Crippen LogP contribution >= 0.6 is 11.3 Å². The first-order valence-corrected chi connectivity index (χ1v) is 9.45. The summed E-state index contributed by atoms with van der Waals surface area (Å²) in [6, 6.07) is 7.57. The van der Waals surface area contributed by atoms with Crippen LogP contribution in [-0.2, 0) is 13.0 Å². The van der Waals surface area contributed by atoms with E-state index in [1.807, 2.05) is 48.2 Å². The van der Waals surface area contributed by atoms with E-state index >= 15 is 0 Å². The van der Waals surface area contributed by atoms with Crippen molar-refractivity contribution in [3.63, 3.8) is 0 Å². The molecule has 134 valence electrons. The number of aromatic nitrogens is 4. The Bertz CT molecular complexity index is 930. The molecule has 3 aromatic rings. The minimum absolute atomic E-state index is 0.0563. The fourth-order valence-electron chi connectivity index (χ4n) is 3.12. The highest BCUT2D eigenvalue weighted by Gasteiger charge is 2.22. The number of fused-ring (bicyclic) bond motifs is 1. The molecule has 8 heteroatoms. The third kappa shape index (κ3) is 3.60. The number of aryl methyl sites for hydroxylation is 3. The summed E-state index contributed by atoms with van der Waals surface area (Å²) in [5, 5.41) is 13.3. The van der Waals surface area contributed by atoms with Crippen molar-refractivity contribution in [2.45, 2.75) is 39.3 Å². The third-order valence-corrected chi connectivity index (χ3v) is 5.13. The molecule has 2 aromatic heterocycles. The van der Waals surface area contributed by atoms with Crippen LogP contribution in [-0.4, -0.2) is 31.8 Å². The quantitative estimate of drug-likeness (QED) is 0.744. The Kier molecular flexibility index (Phi) is 4.42. The highest BCUT2D eigenvalue weighted by Crippen LogP contribution is 2.23. The molecule has 7 nitrogen and oxygen atoms in total. The molecule has 2 N–H and O–H groups in total. The van der Waals surface area contributed by atoms with E-state index in [0.29, 0.717) is 6.54 Å². The molecule has 0 radical (unpaired) electrons. The van der Waals surface area contributed by atoms with Gasteiger partial charge < -0.3 is 10.6 Å². The first kappa shape index (κ1) is 16.7. The number of hydrogen-bond donors (Lipinski definition) is 2. The van der Waals surface area contributed by atoms with Gasteiger partial charge in [0.05, 0.1) is 23.3 Å². The van der Waals surface area contributed by atoms with Crippen molar-refractivity contribution >= 4 is 23.1 Å². The van der Waals surface area contributed by atoms with E-state index < -0.39 is 0 Å². The van der Waals surface area contributed by atoms with Crippen molar-refractivity contribution in [1.82, 2.24) is 25.1 Å². The summed E-state index contributed by atoms with van der Waals surface area (Å²) in [5.41, 5.74) is 2.76. The molecule has 0 fully saturated rings. The second kappa shape index (κ2) is 6.87. The van der Waals surface area contributed by atoms with Gasteiger partial charge >= 0.3 is 6.03 Å². The molecule has 1 atom stereocenters. The average Bonchev–Trinajstić information content (AvgIpc) is 3.20. The van der Waals surface area contributed by atoms with Crippen molar-refractivity contribution in [3.8, 4) is 11.3 Å². The van der Waals surface area contributed by atoms with Crippen molar-refractivity contribution in [1.29, 1.82) is 0 Å². The number of carbonyl (C=O) groups is 1. The van der Waals surface area contributed by atoms with Gasteiger partial charge in [-0.2, -0.15) is 5.10 Å². The van der Waals surface area contributed by atoms with Crippen molar-refractivity contribution in [2.75, 3.05) is 5.32 Å². The van der Waals surface area contributed by atoms with Gasteiger partial charge in [0, 0.05) is 23.1 Å². The van der Waals surface area contributed by atoms with Gasteiger partial charge in [0.25, 0.3) is 0 Å². The lowest BCUT2D eigenvalue weighted by Crippen LogP contribution is -2.43. The summed E-state index contributed by atoms with van der Waals surface area (Å²) in [7, 11) is 0. The van der Waals surface area contributed by atoms with Crippen molar-refractivity contribution in [2.24, 2.45) is 0 Å². The van der Waals surface area contributed by atoms with Crippen LogP contribution in [0.3, 0.4) is 0 Å². The summed E-state index contributed by atoms with van der Waals surface area (Å²) in [5.74, 6) is 1.77. The normalized spacial score (nSPS) is 16.2. The number of nitrogens with one attached hydrogen (secondary N) is 2. The van der Waals surface area contributed by atoms with Crippen LogP contribution in [0.4, 0.5) is 10.5 Å². The van der Waals surface area contributed by atoms with Gasteiger partial charge in [0.1, 0.15) is 11.6 Å². The standard InChI is InChI=1S/C18H20N6OS/c1-11-19-17-8-7-15(9-24(17)23-11)22-18(25)21-14-5-3-13(4-6-14)16-10-26-12(2)20-16/h3-6,10,15H,7-9H2,1-2H3,(H2,21,22,25)/t15-/m0/s1. The molecule has 2 amide bonds. The molecule has 0 aliphatic carbocycles. The molecule has 1 aliphatic heterocycles. The lowest BCUT2D eigenvalue weighted by molar-refractivity contribution is 0.243. The van der Waals surface area contributed by atoms with Crippen LogP contribution < -0.4 is 10.6 Å². The Morgan fingerprint density at radius 2 is 2.04 bits per heavy atom. The fourth-order valence-corrected chi connectivity index (χ4v) is 3.75. The van der Waals surface area contributed by atoms with Crippen molar-refractivity contribution < 1.29 is 4.79 Å². The maximum Gasteiger partial charge on any atom is 0.319 e. The number of thiazole rings is 1. The van der Waals surface area contributed by atoms with E-state index in [1.165, 1.54) is 0 Å². The number of benzene rings is 1. The fraction of sp³-hybridized carbons (Fsp3) is 0.333. The Hall–Kier alpha value is -2.74. The minimum atomic E-state index is -0.201. The highest BCUT2D eigenvalue weighted by atomic mass is 32.1. The highest BCUT2D eigenvalue weighted by molar-refractivity contribution is 7.09. The third-order valence-electron chi connectivity index (χ3n) is 4.36. The zero-order chi connectivity index (χ0) is 18.1. The molecular formula is C18H20N6OS. The molecule has 4 rings (SSSR count). The van der Waals surface area contributed by atoms with Crippen LogP contribution in [0.1, 0.15) is 23.1 Å². The van der Waals surface area contributed by atoms with E-state index in [1.54, 1.807) is 11.3 Å².